The molecule has 1 aliphatic heterocycles. The molecule has 1 heterocycles. The number of halogens is 1. The third kappa shape index (κ3) is 4.65. The van der Waals surface area contributed by atoms with Crippen molar-refractivity contribution in [2.45, 2.75) is 25.9 Å². The fourth-order valence-corrected chi connectivity index (χ4v) is 3.75. The average molecular weight is 398 g/mol. The van der Waals surface area contributed by atoms with Gasteiger partial charge in [0.2, 0.25) is 5.91 Å². The highest BCUT2D eigenvalue weighted by Crippen LogP contribution is 2.28. The van der Waals surface area contributed by atoms with Crippen LogP contribution in [-0.2, 0) is 20.7 Å². The minimum Gasteiger partial charge on any atom is -0.361 e. The van der Waals surface area contributed by atoms with Crippen LogP contribution in [0.1, 0.15) is 19.4 Å². The summed E-state index contributed by atoms with van der Waals surface area (Å²) in [6.45, 7) is 4.67. The number of nitrogens with zero attached hydrogens (tertiary/aromatic N) is 1. The third-order valence-electron chi connectivity index (χ3n) is 5.21. The number of hydrogen-bond acceptors (Lipinski definition) is 3. The van der Waals surface area contributed by atoms with Gasteiger partial charge in [0.25, 0.3) is 5.91 Å². The minimum absolute atomic E-state index is 0.00934. The Hall–Kier alpha value is -2.73. The van der Waals surface area contributed by atoms with E-state index in [9.17, 15) is 14.0 Å². The smallest absolute Gasteiger partial charge is 0.254 e. The highest BCUT2D eigenvalue weighted by atomic mass is 19.1. The molecule has 154 valence electrons. The molecule has 2 aromatic carbocycles. The standard InChI is InChI=1S/C23H27FN2O3/c1-16(2)21(27)26-10-11-29-23(15-26,22(28)25-3)14-17-6-4-7-18(12-17)19-8-5-9-20(24)13-19/h4-9,12-13,16H,10-11,14-15H2,1-3H3,(H,25,28)/t23-/m0/s1. The molecule has 2 aromatic rings. The largest absolute Gasteiger partial charge is 0.361 e. The lowest BCUT2D eigenvalue weighted by molar-refractivity contribution is -0.167. The van der Waals surface area contributed by atoms with Gasteiger partial charge in [0.1, 0.15) is 5.82 Å². The van der Waals surface area contributed by atoms with E-state index >= 15 is 0 Å². The number of morpholine rings is 1. The van der Waals surface area contributed by atoms with Crippen molar-refractivity contribution < 1.29 is 18.7 Å². The molecular weight excluding hydrogens is 371 g/mol. The zero-order valence-corrected chi connectivity index (χ0v) is 17.1. The molecule has 0 unspecified atom stereocenters. The van der Waals surface area contributed by atoms with Crippen LogP contribution in [0.4, 0.5) is 4.39 Å². The Labute approximate surface area is 170 Å². The summed E-state index contributed by atoms with van der Waals surface area (Å²) in [6.07, 6.45) is 0.317. The maximum Gasteiger partial charge on any atom is 0.254 e. The van der Waals surface area contributed by atoms with Crippen molar-refractivity contribution in [2.75, 3.05) is 26.7 Å². The van der Waals surface area contributed by atoms with E-state index in [-0.39, 0.29) is 30.1 Å². The topological polar surface area (TPSA) is 58.6 Å². The quantitative estimate of drug-likeness (QED) is 0.842. The van der Waals surface area contributed by atoms with Gasteiger partial charge in [-0.1, -0.05) is 50.2 Å². The van der Waals surface area contributed by atoms with Crippen molar-refractivity contribution in [3.63, 3.8) is 0 Å². The van der Waals surface area contributed by atoms with Crippen molar-refractivity contribution >= 4 is 11.8 Å². The average Bonchev–Trinajstić information content (AvgIpc) is 2.72. The van der Waals surface area contributed by atoms with Crippen LogP contribution in [0.15, 0.2) is 48.5 Å². The Bertz CT molecular complexity index is 899. The van der Waals surface area contributed by atoms with Crippen LogP contribution < -0.4 is 5.32 Å². The Balaban J connectivity index is 1.90. The van der Waals surface area contributed by atoms with Crippen LogP contribution in [-0.4, -0.2) is 49.1 Å². The van der Waals surface area contributed by atoms with Gasteiger partial charge in [0.05, 0.1) is 13.2 Å². The SMILES string of the molecule is CNC(=O)[C@]1(Cc2cccc(-c3cccc(F)c3)c2)CN(C(=O)C(C)C)CCO1. The molecular formula is C23H27FN2O3. The summed E-state index contributed by atoms with van der Waals surface area (Å²) in [7, 11) is 1.57. The number of benzene rings is 2. The molecule has 6 heteroatoms. The second kappa shape index (κ2) is 8.74. The molecule has 0 radical (unpaired) electrons. The number of carbonyl (C=O) groups excluding carboxylic acids is 2. The summed E-state index contributed by atoms with van der Waals surface area (Å²) in [5, 5.41) is 2.69. The fraction of sp³-hybridized carbons (Fsp3) is 0.391. The molecule has 1 saturated heterocycles. The summed E-state index contributed by atoms with van der Waals surface area (Å²) >= 11 is 0. The van der Waals surface area contributed by atoms with Crippen molar-refractivity contribution in [3.05, 3.63) is 59.9 Å². The van der Waals surface area contributed by atoms with E-state index in [2.05, 4.69) is 5.32 Å². The molecule has 1 atom stereocenters. The molecule has 0 aliphatic carbocycles. The molecule has 5 nitrogen and oxygen atoms in total. The van der Waals surface area contributed by atoms with Crippen molar-refractivity contribution in [1.82, 2.24) is 10.2 Å². The number of amides is 2. The van der Waals surface area contributed by atoms with Crippen LogP contribution in [0.2, 0.25) is 0 Å². The second-order valence-electron chi connectivity index (χ2n) is 7.72. The number of carbonyl (C=O) groups is 2. The van der Waals surface area contributed by atoms with E-state index in [1.807, 2.05) is 44.2 Å². The molecule has 3 rings (SSSR count). The number of likely N-dealkylation sites (N-methyl/N-ethyl adjacent to an activating group) is 1. The maximum atomic E-state index is 13.6. The number of nitrogens with one attached hydrogen (secondary N) is 1. The monoisotopic (exact) mass is 398 g/mol. The summed E-state index contributed by atoms with van der Waals surface area (Å²) in [4.78, 5) is 27.0. The Morgan fingerprint density at radius 1 is 1.17 bits per heavy atom. The van der Waals surface area contributed by atoms with Gasteiger partial charge >= 0.3 is 0 Å². The lowest BCUT2D eigenvalue weighted by Gasteiger charge is -2.42. The van der Waals surface area contributed by atoms with Gasteiger partial charge in [-0.2, -0.15) is 0 Å². The Morgan fingerprint density at radius 3 is 2.52 bits per heavy atom. The van der Waals surface area contributed by atoms with Gasteiger partial charge in [-0.15, -0.1) is 0 Å². The van der Waals surface area contributed by atoms with E-state index in [0.717, 1.165) is 16.7 Å². The van der Waals surface area contributed by atoms with Crippen LogP contribution in [0, 0.1) is 11.7 Å². The second-order valence-corrected chi connectivity index (χ2v) is 7.72. The highest BCUT2D eigenvalue weighted by Gasteiger charge is 2.44. The summed E-state index contributed by atoms with van der Waals surface area (Å²) in [5.41, 5.74) is 1.36. The van der Waals surface area contributed by atoms with Crippen LogP contribution >= 0.6 is 0 Å². The van der Waals surface area contributed by atoms with Gasteiger partial charge < -0.3 is 15.0 Å². The van der Waals surface area contributed by atoms with E-state index in [4.69, 9.17) is 4.74 Å². The predicted molar refractivity (Wildman–Crippen MR) is 110 cm³/mol. The molecule has 0 spiro atoms. The zero-order chi connectivity index (χ0) is 21.0. The first-order valence-electron chi connectivity index (χ1n) is 9.84. The number of rotatable bonds is 5. The summed E-state index contributed by atoms with van der Waals surface area (Å²) < 4.78 is 19.6. The zero-order valence-electron chi connectivity index (χ0n) is 17.1. The molecule has 1 fully saturated rings. The van der Waals surface area contributed by atoms with Crippen LogP contribution in [0.3, 0.4) is 0 Å². The lowest BCUT2D eigenvalue weighted by Crippen LogP contribution is -2.62. The van der Waals surface area contributed by atoms with E-state index in [1.54, 1.807) is 18.0 Å². The molecule has 29 heavy (non-hydrogen) atoms. The molecule has 1 aliphatic rings. The van der Waals surface area contributed by atoms with E-state index in [1.165, 1.54) is 12.1 Å². The van der Waals surface area contributed by atoms with Gasteiger partial charge in [-0.05, 0) is 28.8 Å². The highest BCUT2D eigenvalue weighted by molar-refractivity contribution is 5.87. The van der Waals surface area contributed by atoms with Crippen LogP contribution in [0.5, 0.6) is 0 Å². The lowest BCUT2D eigenvalue weighted by atomic mass is 9.89. The molecule has 0 aromatic heterocycles. The molecule has 1 N–H and O–H groups in total. The first kappa shape index (κ1) is 21.0. The van der Waals surface area contributed by atoms with E-state index in [0.29, 0.717) is 19.6 Å². The predicted octanol–water partition coefficient (Wildman–Crippen LogP) is 3.03. The van der Waals surface area contributed by atoms with Crippen molar-refractivity contribution in [2.24, 2.45) is 5.92 Å². The van der Waals surface area contributed by atoms with Crippen LogP contribution in [0.25, 0.3) is 11.1 Å². The minimum atomic E-state index is -1.15. The number of ether oxygens (including phenoxy) is 1. The third-order valence-corrected chi connectivity index (χ3v) is 5.21. The van der Waals surface area contributed by atoms with Gasteiger partial charge in [-0.25, -0.2) is 4.39 Å². The molecule has 0 bridgehead atoms. The fourth-order valence-electron chi connectivity index (χ4n) is 3.75. The first-order chi connectivity index (χ1) is 13.8. The van der Waals surface area contributed by atoms with Gasteiger partial charge in [-0.3, -0.25) is 9.59 Å². The van der Waals surface area contributed by atoms with Crippen molar-refractivity contribution in [1.29, 1.82) is 0 Å². The first-order valence-corrected chi connectivity index (χ1v) is 9.84. The summed E-state index contributed by atoms with van der Waals surface area (Å²) in [6, 6.07) is 14.0. The van der Waals surface area contributed by atoms with Crippen molar-refractivity contribution in [3.8, 4) is 11.1 Å². The Kier molecular flexibility index (Phi) is 6.33. The van der Waals surface area contributed by atoms with Gasteiger partial charge in [0.15, 0.2) is 5.60 Å². The Morgan fingerprint density at radius 2 is 1.86 bits per heavy atom. The van der Waals surface area contributed by atoms with E-state index < -0.39 is 5.60 Å². The normalized spacial score (nSPS) is 19.3. The molecule has 0 saturated carbocycles. The van der Waals surface area contributed by atoms with Gasteiger partial charge in [0, 0.05) is 25.9 Å². The summed E-state index contributed by atoms with van der Waals surface area (Å²) in [5.74, 6) is -0.690. The maximum absolute atomic E-state index is 13.6. The molecule has 2 amide bonds. The number of hydrogen-bond donors (Lipinski definition) is 1.